The van der Waals surface area contributed by atoms with E-state index in [1.807, 2.05) is 60.1 Å². The Kier molecular flexibility index (Phi) is 9.82. The molecule has 0 bridgehead atoms. The first kappa shape index (κ1) is 32.9. The molecule has 0 amide bonds. The Morgan fingerprint density at radius 3 is 2.81 bits per heavy atom. The molecule has 0 spiro atoms. The van der Waals surface area contributed by atoms with Gasteiger partial charge in [-0.1, -0.05) is 41.9 Å². The summed E-state index contributed by atoms with van der Waals surface area (Å²) in [6, 6.07) is 16.2. The number of esters is 1. The van der Waals surface area contributed by atoms with Crippen LogP contribution in [0.25, 0.3) is 32.8 Å². The fraction of sp³-hybridized carbons (Fsp3) is 0.361. The maximum atomic E-state index is 13.3. The molecule has 3 aromatic carbocycles. The van der Waals surface area contributed by atoms with Gasteiger partial charge < -0.3 is 19.4 Å². The second-order valence-corrected chi connectivity index (χ2v) is 13.1. The normalized spacial score (nSPS) is 13.2. The van der Waals surface area contributed by atoms with Crippen molar-refractivity contribution in [1.29, 1.82) is 0 Å². The summed E-state index contributed by atoms with van der Waals surface area (Å²) in [5, 5.41) is 18.2. The van der Waals surface area contributed by atoms with Gasteiger partial charge in [0.15, 0.2) is 0 Å². The van der Waals surface area contributed by atoms with Gasteiger partial charge in [0.05, 0.1) is 36.5 Å². The molecule has 1 aliphatic heterocycles. The summed E-state index contributed by atoms with van der Waals surface area (Å²) in [5.74, 6) is 0.414. The fourth-order valence-corrected chi connectivity index (χ4v) is 7.35. The summed E-state index contributed by atoms with van der Waals surface area (Å²) in [6.07, 6.45) is 3.25. The first-order chi connectivity index (χ1) is 22.7. The number of benzene rings is 3. The number of aryl methyl sites for hydroxylation is 3. The molecule has 1 aliphatic rings. The van der Waals surface area contributed by atoms with Gasteiger partial charge in [-0.2, -0.15) is 10.2 Å². The fourth-order valence-electron chi connectivity index (χ4n) is 6.85. The lowest BCUT2D eigenvalue weighted by atomic mass is 9.97. The number of nitrogens with zero attached hydrogens (tertiary/aromatic N) is 5. The molecule has 0 radical (unpaired) electrons. The zero-order valence-corrected chi connectivity index (χ0v) is 29.0. The highest BCUT2D eigenvalue weighted by atomic mass is 35.5. The van der Waals surface area contributed by atoms with Gasteiger partial charge in [0, 0.05) is 72.4 Å². The third-order valence-corrected chi connectivity index (χ3v) is 9.56. The van der Waals surface area contributed by atoms with E-state index >= 15 is 0 Å². The van der Waals surface area contributed by atoms with Gasteiger partial charge in [0.2, 0.25) is 0 Å². The molecular formula is C36H41ClN6O3S. The monoisotopic (exact) mass is 672 g/mol. The average Bonchev–Trinajstić information content (AvgIpc) is 3.73. The van der Waals surface area contributed by atoms with E-state index < -0.39 is 0 Å². The van der Waals surface area contributed by atoms with Crippen LogP contribution in [-0.2, 0) is 37.7 Å². The molecule has 0 aliphatic carbocycles. The van der Waals surface area contributed by atoms with E-state index in [1.54, 1.807) is 0 Å². The lowest BCUT2D eigenvalue weighted by Crippen LogP contribution is -2.35. The molecule has 47 heavy (non-hydrogen) atoms. The van der Waals surface area contributed by atoms with Gasteiger partial charge in [-0.05, 0) is 61.8 Å². The van der Waals surface area contributed by atoms with Crippen molar-refractivity contribution in [2.75, 3.05) is 27.3 Å². The maximum absolute atomic E-state index is 13.3. The molecule has 1 atom stereocenters. The Balaban J connectivity index is 1.36. The highest BCUT2D eigenvalue weighted by Gasteiger charge is 2.30. The van der Waals surface area contributed by atoms with Crippen LogP contribution in [0, 0.1) is 0 Å². The standard InChI is InChI=1S/C36H41ClN6O3S/c1-22(21-41(3)38-2)39-20-29-33(30-13-8-16-43(30)40-29)32-28(37)15-14-27-26(35(36(44)45-5)42(4)34(27)32)12-9-17-46-31-19-24(47)18-23-10-6-7-11-25(23)31/h6-7,10-11,14-15,18-19,22,39,47H,2,8-9,12-13,16-17,20-21H2,1,3-5H3. The minimum atomic E-state index is -0.383. The van der Waals surface area contributed by atoms with E-state index in [9.17, 15) is 4.79 Å². The number of carbonyl (C=O) groups excluding carboxylic acids is 1. The van der Waals surface area contributed by atoms with E-state index in [0.717, 1.165) is 74.1 Å². The summed E-state index contributed by atoms with van der Waals surface area (Å²) in [7, 11) is 5.24. The zero-order chi connectivity index (χ0) is 33.2. The van der Waals surface area contributed by atoms with Crippen molar-refractivity contribution in [1.82, 2.24) is 24.7 Å². The number of hydrazone groups is 1. The number of rotatable bonds is 13. The third-order valence-electron chi connectivity index (χ3n) is 8.99. The van der Waals surface area contributed by atoms with Crippen LogP contribution in [0.1, 0.15) is 47.2 Å². The molecule has 0 saturated carbocycles. The minimum absolute atomic E-state index is 0.157. The number of hydrogen-bond donors (Lipinski definition) is 2. The van der Waals surface area contributed by atoms with Crippen molar-refractivity contribution in [3.05, 3.63) is 76.2 Å². The van der Waals surface area contributed by atoms with E-state index in [4.69, 9.17) is 26.2 Å². The molecule has 0 fully saturated rings. The number of hydrogen-bond acceptors (Lipinski definition) is 8. The Hall–Kier alpha value is -3.99. The van der Waals surface area contributed by atoms with Crippen LogP contribution in [0.2, 0.25) is 5.02 Å². The van der Waals surface area contributed by atoms with Gasteiger partial charge in [0.25, 0.3) is 0 Å². The largest absolute Gasteiger partial charge is 0.493 e. The first-order valence-electron chi connectivity index (χ1n) is 15.9. The summed E-state index contributed by atoms with van der Waals surface area (Å²) >= 11 is 11.7. The predicted molar refractivity (Wildman–Crippen MR) is 192 cm³/mol. The number of likely N-dealkylation sites (N-methyl/N-ethyl adjacent to an activating group) is 1. The SMILES string of the molecule is C=NN(C)CC(C)NCc1nn2c(c1-c1c(Cl)ccc3c(CCCOc4cc(S)cc5ccccc45)c(C(=O)OC)n(C)c13)CCC2. The predicted octanol–water partition coefficient (Wildman–Crippen LogP) is 6.91. The first-order valence-corrected chi connectivity index (χ1v) is 16.8. The lowest BCUT2D eigenvalue weighted by molar-refractivity contribution is 0.0589. The van der Waals surface area contributed by atoms with Crippen molar-refractivity contribution in [2.45, 2.75) is 56.6 Å². The van der Waals surface area contributed by atoms with Gasteiger partial charge in [-0.3, -0.25) is 9.69 Å². The van der Waals surface area contributed by atoms with E-state index in [2.05, 4.69) is 53.5 Å². The van der Waals surface area contributed by atoms with E-state index in [-0.39, 0.29) is 12.0 Å². The van der Waals surface area contributed by atoms with Crippen molar-refractivity contribution >= 4 is 58.6 Å². The second-order valence-electron chi connectivity index (χ2n) is 12.2. The maximum Gasteiger partial charge on any atom is 0.354 e. The number of nitrogens with one attached hydrogen (secondary N) is 1. The third kappa shape index (κ3) is 6.46. The van der Waals surface area contributed by atoms with Gasteiger partial charge in [-0.25, -0.2) is 4.79 Å². The quantitative estimate of drug-likeness (QED) is 0.0465. The van der Waals surface area contributed by atoms with Crippen LogP contribution in [0.5, 0.6) is 5.75 Å². The molecule has 1 N–H and O–H groups in total. The van der Waals surface area contributed by atoms with Crippen molar-refractivity contribution in [2.24, 2.45) is 12.1 Å². The topological polar surface area (TPSA) is 85.9 Å². The molecule has 2 aromatic heterocycles. The van der Waals surface area contributed by atoms with E-state index in [0.29, 0.717) is 43.3 Å². The van der Waals surface area contributed by atoms with Crippen molar-refractivity contribution < 1.29 is 14.3 Å². The van der Waals surface area contributed by atoms with Crippen LogP contribution >= 0.6 is 24.2 Å². The second kappa shape index (κ2) is 14.0. The van der Waals surface area contributed by atoms with Gasteiger partial charge in [-0.15, -0.1) is 12.6 Å². The summed E-state index contributed by atoms with van der Waals surface area (Å²) in [4.78, 5) is 14.2. The van der Waals surface area contributed by atoms with Crippen LogP contribution in [0.4, 0.5) is 0 Å². The van der Waals surface area contributed by atoms with E-state index in [1.165, 1.54) is 12.8 Å². The lowest BCUT2D eigenvalue weighted by Gasteiger charge is -2.19. The number of ether oxygens (including phenoxy) is 2. The van der Waals surface area contributed by atoms with Crippen LogP contribution in [0.3, 0.4) is 0 Å². The molecule has 9 nitrogen and oxygen atoms in total. The van der Waals surface area contributed by atoms with Crippen molar-refractivity contribution in [3.63, 3.8) is 0 Å². The van der Waals surface area contributed by atoms with Crippen LogP contribution in [-0.4, -0.2) is 65.4 Å². The molecule has 6 rings (SSSR count). The highest BCUT2D eigenvalue weighted by molar-refractivity contribution is 7.80. The molecule has 0 saturated heterocycles. The smallest absolute Gasteiger partial charge is 0.354 e. The van der Waals surface area contributed by atoms with Gasteiger partial charge in [0.1, 0.15) is 11.4 Å². The Morgan fingerprint density at radius 2 is 2.02 bits per heavy atom. The molecule has 1 unspecified atom stereocenters. The van der Waals surface area contributed by atoms with Crippen LogP contribution < -0.4 is 10.1 Å². The number of fused-ring (bicyclic) bond motifs is 3. The molecule has 246 valence electrons. The number of aromatic nitrogens is 3. The number of methoxy groups -OCH3 is 1. The molecule has 11 heteroatoms. The van der Waals surface area contributed by atoms with Gasteiger partial charge >= 0.3 is 5.97 Å². The van der Waals surface area contributed by atoms with Crippen LogP contribution in [0.15, 0.2) is 58.5 Å². The Morgan fingerprint density at radius 1 is 1.21 bits per heavy atom. The zero-order valence-electron chi connectivity index (χ0n) is 27.3. The summed E-state index contributed by atoms with van der Waals surface area (Å²) in [6.45, 7) is 8.35. The molecule has 5 aromatic rings. The molecular weight excluding hydrogens is 632 g/mol. The highest BCUT2D eigenvalue weighted by Crippen LogP contribution is 2.43. The summed E-state index contributed by atoms with van der Waals surface area (Å²) < 4.78 is 15.7. The number of thiol groups is 1. The summed E-state index contributed by atoms with van der Waals surface area (Å²) in [5.41, 5.74) is 6.38. The molecule has 3 heterocycles. The number of carbonyl (C=O) groups is 1. The number of halogens is 1. The Bertz CT molecular complexity index is 1970. The Labute approximate surface area is 285 Å². The average molecular weight is 673 g/mol. The minimum Gasteiger partial charge on any atom is -0.493 e. The van der Waals surface area contributed by atoms with Crippen molar-refractivity contribution in [3.8, 4) is 16.9 Å².